The molecule has 0 fully saturated rings. The van der Waals surface area contributed by atoms with Gasteiger partial charge in [-0.15, -0.1) is 0 Å². The van der Waals surface area contributed by atoms with Crippen molar-refractivity contribution in [2.45, 2.75) is 39.7 Å². The zero-order valence-electron chi connectivity index (χ0n) is 10.6. The summed E-state index contributed by atoms with van der Waals surface area (Å²) in [5, 5.41) is 3.40. The van der Waals surface area contributed by atoms with Crippen LogP contribution in [0.3, 0.4) is 0 Å². The lowest BCUT2D eigenvalue weighted by atomic mass is 9.71. The van der Waals surface area contributed by atoms with Gasteiger partial charge in [-0.1, -0.05) is 44.2 Å². The van der Waals surface area contributed by atoms with Crippen molar-refractivity contribution in [3.63, 3.8) is 0 Å². The molecular weight excluding hydrogens is 182 g/mol. The van der Waals surface area contributed by atoms with Crippen LogP contribution in [0.2, 0.25) is 0 Å². The molecule has 0 heterocycles. The van der Waals surface area contributed by atoms with Gasteiger partial charge in [-0.2, -0.15) is 0 Å². The van der Waals surface area contributed by atoms with Crippen LogP contribution in [-0.2, 0) is 6.42 Å². The molecule has 15 heavy (non-hydrogen) atoms. The second kappa shape index (κ2) is 4.36. The summed E-state index contributed by atoms with van der Waals surface area (Å²) in [6.45, 7) is 9.15. The highest BCUT2D eigenvalue weighted by Gasteiger charge is 2.35. The molecule has 84 valence electrons. The average molecular weight is 205 g/mol. The van der Waals surface area contributed by atoms with E-state index in [1.807, 2.05) is 7.05 Å². The summed E-state index contributed by atoms with van der Waals surface area (Å²) in [6, 6.07) is 10.7. The molecule has 0 saturated heterocycles. The minimum atomic E-state index is 0.142. The lowest BCUT2D eigenvalue weighted by Gasteiger charge is -2.42. The molecule has 0 radical (unpaired) electrons. The van der Waals surface area contributed by atoms with E-state index in [1.165, 1.54) is 5.56 Å². The first-order valence-corrected chi connectivity index (χ1v) is 5.62. The van der Waals surface area contributed by atoms with Gasteiger partial charge in [0.25, 0.3) is 0 Å². The number of hydrogen-bond acceptors (Lipinski definition) is 1. The molecule has 0 aliphatic rings. The highest BCUT2D eigenvalue weighted by atomic mass is 14.9. The standard InChI is InChI=1S/C14H23N/c1-13(2,14(3,4)15-5)11-12-9-7-6-8-10-12/h6-10,15H,11H2,1-5H3. The normalized spacial score (nSPS) is 12.9. The van der Waals surface area contributed by atoms with Crippen LogP contribution in [0.25, 0.3) is 0 Å². The van der Waals surface area contributed by atoms with E-state index in [0.717, 1.165) is 6.42 Å². The summed E-state index contributed by atoms with van der Waals surface area (Å²) in [4.78, 5) is 0. The van der Waals surface area contributed by atoms with E-state index in [-0.39, 0.29) is 11.0 Å². The first kappa shape index (κ1) is 12.3. The van der Waals surface area contributed by atoms with Crippen molar-refractivity contribution >= 4 is 0 Å². The van der Waals surface area contributed by atoms with Crippen molar-refractivity contribution in [1.29, 1.82) is 0 Å². The Labute approximate surface area is 93.9 Å². The first-order valence-electron chi connectivity index (χ1n) is 5.62. The van der Waals surface area contributed by atoms with Crippen LogP contribution in [0.4, 0.5) is 0 Å². The molecule has 1 nitrogen and oxygen atoms in total. The topological polar surface area (TPSA) is 12.0 Å². The van der Waals surface area contributed by atoms with Gasteiger partial charge in [0.15, 0.2) is 0 Å². The maximum atomic E-state index is 3.40. The molecule has 1 heteroatoms. The molecule has 0 spiro atoms. The van der Waals surface area contributed by atoms with E-state index in [4.69, 9.17) is 0 Å². The van der Waals surface area contributed by atoms with Gasteiger partial charge < -0.3 is 5.32 Å². The van der Waals surface area contributed by atoms with E-state index < -0.39 is 0 Å². The molecule has 0 bridgehead atoms. The first-order chi connectivity index (χ1) is 6.89. The van der Waals surface area contributed by atoms with Gasteiger partial charge in [0.05, 0.1) is 0 Å². The second-order valence-corrected chi connectivity index (χ2v) is 5.42. The Morgan fingerprint density at radius 2 is 1.53 bits per heavy atom. The third kappa shape index (κ3) is 2.82. The summed E-state index contributed by atoms with van der Waals surface area (Å²) in [6.07, 6.45) is 1.10. The third-order valence-corrected chi connectivity index (χ3v) is 3.81. The number of benzene rings is 1. The number of nitrogens with one attached hydrogen (secondary N) is 1. The fourth-order valence-electron chi connectivity index (χ4n) is 1.67. The van der Waals surface area contributed by atoms with E-state index in [0.29, 0.717) is 0 Å². The predicted octanol–water partition coefficient (Wildman–Crippen LogP) is 3.25. The molecule has 0 aromatic heterocycles. The molecule has 1 rings (SSSR count). The molecule has 0 unspecified atom stereocenters. The van der Waals surface area contributed by atoms with Crippen molar-refractivity contribution in [3.05, 3.63) is 35.9 Å². The fraction of sp³-hybridized carbons (Fsp3) is 0.571. The molecule has 0 saturated carbocycles. The largest absolute Gasteiger partial charge is 0.314 e. The maximum absolute atomic E-state index is 3.40. The van der Waals surface area contributed by atoms with E-state index in [9.17, 15) is 0 Å². The third-order valence-electron chi connectivity index (χ3n) is 3.81. The Hall–Kier alpha value is -0.820. The quantitative estimate of drug-likeness (QED) is 0.795. The lowest BCUT2D eigenvalue weighted by Crippen LogP contribution is -2.50. The van der Waals surface area contributed by atoms with Crippen LogP contribution < -0.4 is 5.32 Å². The van der Waals surface area contributed by atoms with Crippen LogP contribution in [0.1, 0.15) is 33.3 Å². The molecule has 1 N–H and O–H groups in total. The van der Waals surface area contributed by atoms with E-state index >= 15 is 0 Å². The second-order valence-electron chi connectivity index (χ2n) is 5.42. The summed E-state index contributed by atoms with van der Waals surface area (Å²) < 4.78 is 0. The highest BCUT2D eigenvalue weighted by molar-refractivity contribution is 5.17. The van der Waals surface area contributed by atoms with Gasteiger partial charge in [0.1, 0.15) is 0 Å². The molecule has 0 atom stereocenters. The van der Waals surface area contributed by atoms with Crippen molar-refractivity contribution in [1.82, 2.24) is 5.32 Å². The van der Waals surface area contributed by atoms with Crippen LogP contribution in [0.15, 0.2) is 30.3 Å². The van der Waals surface area contributed by atoms with Crippen molar-refractivity contribution in [2.24, 2.45) is 5.41 Å². The molecule has 1 aromatic carbocycles. The Bertz CT molecular complexity index is 298. The molecule has 0 amide bonds. The van der Waals surface area contributed by atoms with Crippen molar-refractivity contribution < 1.29 is 0 Å². The number of hydrogen-bond donors (Lipinski definition) is 1. The summed E-state index contributed by atoms with van der Waals surface area (Å²) in [7, 11) is 2.03. The predicted molar refractivity (Wildman–Crippen MR) is 67.1 cm³/mol. The number of rotatable bonds is 4. The molecular formula is C14H23N. The van der Waals surface area contributed by atoms with Crippen LogP contribution in [-0.4, -0.2) is 12.6 Å². The smallest absolute Gasteiger partial charge is 0.0176 e. The minimum Gasteiger partial charge on any atom is -0.314 e. The molecule has 0 aliphatic carbocycles. The lowest BCUT2D eigenvalue weighted by molar-refractivity contribution is 0.164. The van der Waals surface area contributed by atoms with Gasteiger partial charge in [0.2, 0.25) is 0 Å². The summed E-state index contributed by atoms with van der Waals surface area (Å²) >= 11 is 0. The van der Waals surface area contributed by atoms with Gasteiger partial charge in [-0.25, -0.2) is 0 Å². The Morgan fingerprint density at radius 3 is 2.00 bits per heavy atom. The van der Waals surface area contributed by atoms with Crippen molar-refractivity contribution in [2.75, 3.05) is 7.05 Å². The Morgan fingerprint density at radius 1 is 1.00 bits per heavy atom. The highest BCUT2D eigenvalue weighted by Crippen LogP contribution is 2.33. The Balaban J connectivity index is 2.81. The van der Waals surface area contributed by atoms with E-state index in [1.54, 1.807) is 0 Å². The van der Waals surface area contributed by atoms with E-state index in [2.05, 4.69) is 63.3 Å². The van der Waals surface area contributed by atoms with Crippen molar-refractivity contribution in [3.8, 4) is 0 Å². The summed E-state index contributed by atoms with van der Waals surface area (Å²) in [5.74, 6) is 0. The van der Waals surface area contributed by atoms with Crippen LogP contribution in [0, 0.1) is 5.41 Å². The zero-order valence-corrected chi connectivity index (χ0v) is 10.6. The maximum Gasteiger partial charge on any atom is 0.0176 e. The van der Waals surface area contributed by atoms with Gasteiger partial charge >= 0.3 is 0 Å². The average Bonchev–Trinajstić information content (AvgIpc) is 2.18. The van der Waals surface area contributed by atoms with Gasteiger partial charge in [-0.3, -0.25) is 0 Å². The summed E-state index contributed by atoms with van der Waals surface area (Å²) in [5.41, 5.74) is 1.79. The van der Waals surface area contributed by atoms with Crippen LogP contribution in [0.5, 0.6) is 0 Å². The Kier molecular flexibility index (Phi) is 3.56. The van der Waals surface area contributed by atoms with Gasteiger partial charge in [0, 0.05) is 5.54 Å². The minimum absolute atomic E-state index is 0.142. The van der Waals surface area contributed by atoms with Gasteiger partial charge in [-0.05, 0) is 38.3 Å². The molecule has 1 aromatic rings. The fourth-order valence-corrected chi connectivity index (χ4v) is 1.67. The molecule has 0 aliphatic heterocycles. The monoisotopic (exact) mass is 205 g/mol. The van der Waals surface area contributed by atoms with Crippen LogP contribution >= 0.6 is 0 Å². The zero-order chi connectivity index (χ0) is 11.5. The SMILES string of the molecule is CNC(C)(C)C(C)(C)Cc1ccccc1.